The lowest BCUT2D eigenvalue weighted by atomic mass is 10.1. The molecular formula is C20H19N2O+. The van der Waals surface area contributed by atoms with E-state index in [1.165, 1.54) is 0 Å². The van der Waals surface area contributed by atoms with Crippen molar-refractivity contribution < 1.29 is 9.36 Å². The second kappa shape index (κ2) is 6.88. The van der Waals surface area contributed by atoms with E-state index in [9.17, 15) is 4.79 Å². The van der Waals surface area contributed by atoms with E-state index in [0.29, 0.717) is 0 Å². The predicted molar refractivity (Wildman–Crippen MR) is 91.9 cm³/mol. The number of para-hydroxylation sites is 1. The summed E-state index contributed by atoms with van der Waals surface area (Å²) in [6.07, 6.45) is 3.90. The first-order chi connectivity index (χ1) is 11.2. The van der Waals surface area contributed by atoms with E-state index >= 15 is 0 Å². The monoisotopic (exact) mass is 303 g/mol. The average molecular weight is 303 g/mol. The smallest absolute Gasteiger partial charge is 0.290 e. The van der Waals surface area contributed by atoms with Crippen molar-refractivity contribution in [3.05, 3.63) is 84.7 Å². The third kappa shape index (κ3) is 3.83. The molecule has 0 aliphatic heterocycles. The number of anilines is 1. The van der Waals surface area contributed by atoms with Crippen molar-refractivity contribution in [2.45, 2.75) is 13.5 Å². The Balaban J connectivity index is 1.73. The lowest BCUT2D eigenvalue weighted by molar-refractivity contribution is -0.683. The maximum absolute atomic E-state index is 12.2. The first kappa shape index (κ1) is 15.0. The van der Waals surface area contributed by atoms with Gasteiger partial charge in [0.15, 0.2) is 12.4 Å². The molecule has 114 valence electrons. The summed E-state index contributed by atoms with van der Waals surface area (Å²) in [5.74, 6) is -0.0329. The molecule has 0 unspecified atom stereocenters. The summed E-state index contributed by atoms with van der Waals surface area (Å²) in [4.78, 5) is 12.2. The molecular weight excluding hydrogens is 284 g/mol. The normalized spacial score (nSPS) is 10.3. The molecule has 3 aromatic rings. The molecule has 1 aromatic heterocycles. The Morgan fingerprint density at radius 3 is 2.39 bits per heavy atom. The van der Waals surface area contributed by atoms with E-state index in [0.717, 1.165) is 22.4 Å². The first-order valence-corrected chi connectivity index (χ1v) is 7.62. The first-order valence-electron chi connectivity index (χ1n) is 7.62. The van der Waals surface area contributed by atoms with E-state index in [4.69, 9.17) is 0 Å². The van der Waals surface area contributed by atoms with Gasteiger partial charge in [0.2, 0.25) is 6.54 Å². The molecule has 0 saturated carbocycles. The van der Waals surface area contributed by atoms with E-state index in [1.807, 2.05) is 78.5 Å². The Morgan fingerprint density at radius 1 is 0.913 bits per heavy atom. The number of pyridine rings is 1. The van der Waals surface area contributed by atoms with Crippen LogP contribution in [0.5, 0.6) is 0 Å². The fraction of sp³-hybridized carbons (Fsp3) is 0.100. The highest BCUT2D eigenvalue weighted by Gasteiger charge is 2.11. The summed E-state index contributed by atoms with van der Waals surface area (Å²) < 4.78 is 1.90. The van der Waals surface area contributed by atoms with Crippen molar-refractivity contribution in [1.82, 2.24) is 0 Å². The molecule has 0 fully saturated rings. The number of nitrogens with one attached hydrogen (secondary N) is 1. The average Bonchev–Trinajstić information content (AvgIpc) is 2.58. The lowest BCUT2D eigenvalue weighted by Crippen LogP contribution is -2.39. The number of benzene rings is 2. The maximum atomic E-state index is 12.2. The molecule has 23 heavy (non-hydrogen) atoms. The number of amides is 1. The van der Waals surface area contributed by atoms with Crippen LogP contribution in [-0.2, 0) is 11.3 Å². The van der Waals surface area contributed by atoms with Crippen LogP contribution >= 0.6 is 0 Å². The molecule has 1 amide bonds. The molecule has 0 atom stereocenters. The molecule has 2 aromatic carbocycles. The second-order valence-corrected chi connectivity index (χ2v) is 5.49. The van der Waals surface area contributed by atoms with Crippen molar-refractivity contribution in [1.29, 1.82) is 0 Å². The van der Waals surface area contributed by atoms with Crippen molar-refractivity contribution in [2.24, 2.45) is 0 Å². The zero-order valence-corrected chi connectivity index (χ0v) is 13.1. The van der Waals surface area contributed by atoms with E-state index in [-0.39, 0.29) is 12.5 Å². The lowest BCUT2D eigenvalue weighted by Gasteiger charge is -2.06. The summed E-state index contributed by atoms with van der Waals surface area (Å²) >= 11 is 0. The molecule has 3 rings (SSSR count). The SMILES string of the molecule is Cc1ccccc1NC(=O)C[n+]1cccc(-c2ccccc2)c1. The number of carbonyl (C=O) groups is 1. The molecule has 3 nitrogen and oxygen atoms in total. The molecule has 0 aliphatic rings. The summed E-state index contributed by atoms with van der Waals surface area (Å²) in [6, 6.07) is 21.9. The van der Waals surface area contributed by atoms with Gasteiger partial charge in [0.25, 0.3) is 5.91 Å². The minimum atomic E-state index is -0.0329. The van der Waals surface area contributed by atoms with Crippen LogP contribution in [0, 0.1) is 6.92 Å². The van der Waals surface area contributed by atoms with Crippen LogP contribution in [0.1, 0.15) is 5.56 Å². The zero-order chi connectivity index (χ0) is 16.1. The standard InChI is InChI=1S/C20H18N2O/c1-16-8-5-6-12-19(16)21-20(23)15-22-13-7-11-18(14-22)17-9-3-2-4-10-17/h2-14H,15H2,1H3/p+1. The molecule has 0 radical (unpaired) electrons. The molecule has 0 bridgehead atoms. The summed E-state index contributed by atoms with van der Waals surface area (Å²) in [5.41, 5.74) is 4.15. The van der Waals surface area contributed by atoms with Crippen LogP contribution in [0.4, 0.5) is 5.69 Å². The quantitative estimate of drug-likeness (QED) is 0.734. The summed E-state index contributed by atoms with van der Waals surface area (Å²) in [7, 11) is 0. The predicted octanol–water partition coefficient (Wildman–Crippen LogP) is 3.59. The molecule has 1 heterocycles. The Kier molecular flexibility index (Phi) is 4.48. The highest BCUT2D eigenvalue weighted by molar-refractivity contribution is 5.90. The van der Waals surface area contributed by atoms with Gasteiger partial charge in [0, 0.05) is 17.3 Å². The molecule has 0 aliphatic carbocycles. The third-order valence-electron chi connectivity index (χ3n) is 3.71. The van der Waals surface area contributed by atoms with Crippen LogP contribution in [0.15, 0.2) is 79.1 Å². The highest BCUT2D eigenvalue weighted by atomic mass is 16.1. The van der Waals surface area contributed by atoms with Crippen molar-refractivity contribution in [3.8, 4) is 11.1 Å². The fourth-order valence-electron chi connectivity index (χ4n) is 2.49. The van der Waals surface area contributed by atoms with Crippen LogP contribution in [-0.4, -0.2) is 5.91 Å². The van der Waals surface area contributed by atoms with Crippen LogP contribution in [0.25, 0.3) is 11.1 Å². The van der Waals surface area contributed by atoms with Crippen molar-refractivity contribution in [3.63, 3.8) is 0 Å². The minimum Gasteiger partial charge on any atom is -0.320 e. The van der Waals surface area contributed by atoms with Crippen LogP contribution < -0.4 is 9.88 Å². The zero-order valence-electron chi connectivity index (χ0n) is 13.1. The Morgan fingerprint density at radius 2 is 1.61 bits per heavy atom. The Labute approximate surface area is 136 Å². The second-order valence-electron chi connectivity index (χ2n) is 5.49. The molecule has 3 heteroatoms. The van der Waals surface area contributed by atoms with Gasteiger partial charge in [0.05, 0.1) is 0 Å². The molecule has 0 spiro atoms. The number of aromatic nitrogens is 1. The topological polar surface area (TPSA) is 33.0 Å². The van der Waals surface area contributed by atoms with Gasteiger partial charge in [-0.25, -0.2) is 0 Å². The van der Waals surface area contributed by atoms with Crippen molar-refractivity contribution in [2.75, 3.05) is 5.32 Å². The fourth-order valence-corrected chi connectivity index (χ4v) is 2.49. The highest BCUT2D eigenvalue weighted by Crippen LogP contribution is 2.16. The Bertz CT molecular complexity index is 813. The summed E-state index contributed by atoms with van der Waals surface area (Å²) in [5, 5.41) is 2.96. The minimum absolute atomic E-state index is 0.0329. The number of aryl methyl sites for hydroxylation is 1. The number of hydrogen-bond donors (Lipinski definition) is 1. The van der Waals surface area contributed by atoms with E-state index in [2.05, 4.69) is 17.4 Å². The maximum Gasteiger partial charge on any atom is 0.290 e. The Hall–Kier alpha value is -2.94. The van der Waals surface area contributed by atoms with Crippen LogP contribution in [0.3, 0.4) is 0 Å². The number of rotatable bonds is 4. The number of hydrogen-bond acceptors (Lipinski definition) is 1. The van der Waals surface area contributed by atoms with Gasteiger partial charge >= 0.3 is 0 Å². The number of nitrogens with zero attached hydrogens (tertiary/aromatic N) is 1. The van der Waals surface area contributed by atoms with E-state index in [1.54, 1.807) is 0 Å². The van der Waals surface area contributed by atoms with Crippen molar-refractivity contribution >= 4 is 11.6 Å². The van der Waals surface area contributed by atoms with Gasteiger partial charge in [-0.15, -0.1) is 0 Å². The van der Waals surface area contributed by atoms with Gasteiger partial charge in [0.1, 0.15) is 0 Å². The van der Waals surface area contributed by atoms with Gasteiger partial charge in [-0.2, -0.15) is 4.57 Å². The van der Waals surface area contributed by atoms with Gasteiger partial charge in [-0.3, -0.25) is 4.79 Å². The molecule has 1 N–H and O–H groups in total. The van der Waals surface area contributed by atoms with E-state index < -0.39 is 0 Å². The van der Waals surface area contributed by atoms with Crippen LogP contribution in [0.2, 0.25) is 0 Å². The third-order valence-corrected chi connectivity index (χ3v) is 3.71. The van der Waals surface area contributed by atoms with Gasteiger partial charge in [-0.05, 0) is 30.2 Å². The van der Waals surface area contributed by atoms with Gasteiger partial charge < -0.3 is 5.32 Å². The van der Waals surface area contributed by atoms with Gasteiger partial charge in [-0.1, -0.05) is 48.5 Å². The summed E-state index contributed by atoms with van der Waals surface area (Å²) in [6.45, 7) is 2.27. The molecule has 0 saturated heterocycles. The largest absolute Gasteiger partial charge is 0.320 e. The number of carbonyl (C=O) groups excluding carboxylic acids is 1.